The van der Waals surface area contributed by atoms with E-state index >= 15 is 0 Å². The van der Waals surface area contributed by atoms with Crippen molar-refractivity contribution in [3.05, 3.63) is 64.6 Å². The predicted molar refractivity (Wildman–Crippen MR) is 138 cm³/mol. The molecule has 0 saturated carbocycles. The number of carbonyl (C=O) groups excluding carboxylic acids is 1. The van der Waals surface area contributed by atoms with Gasteiger partial charge in [0.25, 0.3) is 10.0 Å². The summed E-state index contributed by atoms with van der Waals surface area (Å²) in [6.07, 6.45) is 4.53. The second-order valence-corrected chi connectivity index (χ2v) is 11.7. The molecule has 1 aliphatic heterocycles. The van der Waals surface area contributed by atoms with E-state index in [1.807, 2.05) is 39.0 Å². The number of fused-ring (bicyclic) bond motifs is 1. The lowest BCUT2D eigenvalue weighted by molar-refractivity contribution is -0.206. The number of pyridine rings is 1. The predicted octanol–water partition coefficient (Wildman–Crippen LogP) is 3.24. The molecule has 0 bridgehead atoms. The van der Waals surface area contributed by atoms with E-state index in [1.165, 1.54) is 11.6 Å². The molecule has 2 aromatic heterocycles. The van der Waals surface area contributed by atoms with E-state index < -0.39 is 21.5 Å². The SMILES string of the molecule is COC1(c2cc(S(=O)(=O)NC(=O)Cc3c(-c4ccnc(C)c4)ccc4c3CCC4)nn2C(C)C)COC1. The maximum absolute atomic E-state index is 13.3. The van der Waals surface area contributed by atoms with Crippen LogP contribution in [0, 0.1) is 6.92 Å². The molecule has 1 saturated heterocycles. The summed E-state index contributed by atoms with van der Waals surface area (Å²) in [6, 6.07) is 9.40. The lowest BCUT2D eigenvalue weighted by Crippen LogP contribution is -2.49. The van der Waals surface area contributed by atoms with Gasteiger partial charge in [0.05, 0.1) is 25.3 Å². The third kappa shape index (κ3) is 4.69. The van der Waals surface area contributed by atoms with Gasteiger partial charge >= 0.3 is 0 Å². The summed E-state index contributed by atoms with van der Waals surface area (Å²) in [6.45, 7) is 6.36. The van der Waals surface area contributed by atoms with Crippen LogP contribution in [0.1, 0.15) is 54.4 Å². The summed E-state index contributed by atoms with van der Waals surface area (Å²) < 4.78 is 41.5. The standard InChI is InChI=1S/C27H32N4O5S/c1-17(2)31-24(27(35-4)15-36-16-27)14-26(29-31)37(33,34)30-25(32)13-23-21-7-5-6-19(21)8-9-22(23)20-10-11-28-18(3)12-20/h8-12,14,17H,5-7,13,15-16H2,1-4H3,(H,30,32). The van der Waals surface area contributed by atoms with Crippen molar-refractivity contribution in [3.8, 4) is 11.1 Å². The number of aryl methyl sites for hydroxylation is 2. The topological polar surface area (TPSA) is 112 Å². The van der Waals surface area contributed by atoms with Gasteiger partial charge < -0.3 is 9.47 Å². The Morgan fingerprint density at radius 1 is 1.22 bits per heavy atom. The van der Waals surface area contributed by atoms with Gasteiger partial charge in [0.1, 0.15) is 0 Å². The molecular formula is C27H32N4O5S. The number of carbonyl (C=O) groups is 1. The van der Waals surface area contributed by atoms with Crippen LogP contribution < -0.4 is 4.72 Å². The fourth-order valence-corrected chi connectivity index (χ4v) is 6.16. The Hall–Kier alpha value is -3.08. The van der Waals surface area contributed by atoms with Gasteiger partial charge in [-0.1, -0.05) is 12.1 Å². The molecular weight excluding hydrogens is 492 g/mol. The van der Waals surface area contributed by atoms with Crippen molar-refractivity contribution in [2.45, 2.75) is 63.1 Å². The first-order valence-corrected chi connectivity index (χ1v) is 14.0. The van der Waals surface area contributed by atoms with Crippen molar-refractivity contribution in [1.29, 1.82) is 0 Å². The molecule has 3 heterocycles. The first-order valence-electron chi connectivity index (χ1n) is 12.5. The van der Waals surface area contributed by atoms with Gasteiger partial charge in [0, 0.05) is 31.1 Å². The first-order chi connectivity index (χ1) is 17.6. The van der Waals surface area contributed by atoms with Crippen LogP contribution in [0.25, 0.3) is 11.1 Å². The van der Waals surface area contributed by atoms with E-state index in [1.54, 1.807) is 18.0 Å². The molecule has 2 aliphatic rings. The normalized spacial score (nSPS) is 16.5. The third-order valence-electron chi connectivity index (χ3n) is 7.20. The van der Waals surface area contributed by atoms with E-state index in [4.69, 9.17) is 9.47 Å². The Balaban J connectivity index is 1.45. The average molecular weight is 525 g/mol. The summed E-state index contributed by atoms with van der Waals surface area (Å²) in [5.41, 5.74) is 5.84. The number of aromatic nitrogens is 3. The van der Waals surface area contributed by atoms with Gasteiger partial charge in [-0.15, -0.1) is 0 Å². The van der Waals surface area contributed by atoms with Gasteiger partial charge in [0.2, 0.25) is 5.91 Å². The average Bonchev–Trinajstić information content (AvgIpc) is 3.47. The molecule has 3 aromatic rings. The first kappa shape index (κ1) is 25.6. The molecule has 0 atom stereocenters. The fourth-order valence-electron chi connectivity index (χ4n) is 5.22. The number of hydrogen-bond acceptors (Lipinski definition) is 7. The summed E-state index contributed by atoms with van der Waals surface area (Å²) in [4.78, 5) is 17.5. The quantitative estimate of drug-likeness (QED) is 0.481. The number of rotatable bonds is 8. The smallest absolute Gasteiger partial charge is 0.283 e. The lowest BCUT2D eigenvalue weighted by atomic mass is 9.91. The molecule has 1 aromatic carbocycles. The summed E-state index contributed by atoms with van der Waals surface area (Å²) >= 11 is 0. The Morgan fingerprint density at radius 3 is 2.65 bits per heavy atom. The van der Waals surface area contributed by atoms with Crippen molar-refractivity contribution in [2.24, 2.45) is 0 Å². The number of ether oxygens (including phenoxy) is 2. The number of amides is 1. The lowest BCUT2D eigenvalue weighted by Gasteiger charge is -2.40. The summed E-state index contributed by atoms with van der Waals surface area (Å²) in [7, 11) is -2.64. The van der Waals surface area contributed by atoms with Crippen LogP contribution in [0.3, 0.4) is 0 Å². The minimum Gasteiger partial charge on any atom is -0.374 e. The van der Waals surface area contributed by atoms with Gasteiger partial charge in [-0.05, 0) is 80.0 Å². The van der Waals surface area contributed by atoms with Crippen LogP contribution in [0.2, 0.25) is 0 Å². The minimum atomic E-state index is -4.20. The second-order valence-electron chi connectivity index (χ2n) is 10.1. The zero-order chi connectivity index (χ0) is 26.4. The van der Waals surface area contributed by atoms with Gasteiger partial charge in [-0.3, -0.25) is 14.5 Å². The highest BCUT2D eigenvalue weighted by atomic mass is 32.2. The van der Waals surface area contributed by atoms with E-state index in [0.29, 0.717) is 18.9 Å². The number of hydrogen-bond donors (Lipinski definition) is 1. The highest BCUT2D eigenvalue weighted by Crippen LogP contribution is 2.36. The van der Waals surface area contributed by atoms with Crippen molar-refractivity contribution in [1.82, 2.24) is 19.5 Å². The molecule has 1 N–H and O–H groups in total. The molecule has 9 nitrogen and oxygen atoms in total. The largest absolute Gasteiger partial charge is 0.374 e. The molecule has 1 amide bonds. The van der Waals surface area contributed by atoms with E-state index in [-0.39, 0.29) is 17.5 Å². The second kappa shape index (κ2) is 9.66. The zero-order valence-corrected chi connectivity index (χ0v) is 22.4. The van der Waals surface area contributed by atoms with Gasteiger partial charge in [0.15, 0.2) is 10.6 Å². The number of nitrogens with one attached hydrogen (secondary N) is 1. The van der Waals surface area contributed by atoms with Crippen LogP contribution >= 0.6 is 0 Å². The molecule has 0 unspecified atom stereocenters. The van der Waals surface area contributed by atoms with Crippen LogP contribution in [-0.4, -0.2) is 49.4 Å². The highest BCUT2D eigenvalue weighted by Gasteiger charge is 2.45. The Kier molecular flexibility index (Phi) is 6.68. The molecule has 1 fully saturated rings. The molecule has 0 spiro atoms. The van der Waals surface area contributed by atoms with Crippen molar-refractivity contribution < 1.29 is 22.7 Å². The monoisotopic (exact) mass is 524 g/mol. The Bertz CT molecular complexity index is 1450. The van der Waals surface area contributed by atoms with Gasteiger partial charge in [-0.2, -0.15) is 13.5 Å². The van der Waals surface area contributed by atoms with Crippen molar-refractivity contribution in [2.75, 3.05) is 20.3 Å². The van der Waals surface area contributed by atoms with Crippen LogP contribution in [0.5, 0.6) is 0 Å². The van der Waals surface area contributed by atoms with Crippen molar-refractivity contribution in [3.63, 3.8) is 0 Å². The van der Waals surface area contributed by atoms with E-state index in [0.717, 1.165) is 47.2 Å². The molecule has 0 radical (unpaired) electrons. The fraction of sp³-hybridized carbons (Fsp3) is 0.444. The molecule has 10 heteroatoms. The van der Waals surface area contributed by atoms with Gasteiger partial charge in [-0.25, -0.2) is 4.72 Å². The zero-order valence-electron chi connectivity index (χ0n) is 21.6. The maximum atomic E-state index is 13.3. The van der Waals surface area contributed by atoms with Crippen LogP contribution in [0.4, 0.5) is 0 Å². The summed E-state index contributed by atoms with van der Waals surface area (Å²) in [5.74, 6) is -0.596. The van der Waals surface area contributed by atoms with Crippen molar-refractivity contribution >= 4 is 15.9 Å². The summed E-state index contributed by atoms with van der Waals surface area (Å²) in [5, 5.41) is 4.13. The van der Waals surface area contributed by atoms with Crippen LogP contribution in [0.15, 0.2) is 41.6 Å². The number of sulfonamides is 1. The Labute approximate surface area is 217 Å². The number of methoxy groups -OCH3 is 1. The molecule has 37 heavy (non-hydrogen) atoms. The third-order valence-corrected chi connectivity index (χ3v) is 8.45. The van der Waals surface area contributed by atoms with E-state index in [9.17, 15) is 13.2 Å². The molecule has 1 aliphatic carbocycles. The minimum absolute atomic E-state index is 0.0489. The molecule has 196 valence electrons. The highest BCUT2D eigenvalue weighted by molar-refractivity contribution is 7.90. The Morgan fingerprint density at radius 2 is 2.00 bits per heavy atom. The number of nitrogens with zero attached hydrogens (tertiary/aromatic N) is 3. The van der Waals surface area contributed by atoms with E-state index in [2.05, 4.69) is 20.9 Å². The number of benzene rings is 1. The molecule has 5 rings (SSSR count). The maximum Gasteiger partial charge on any atom is 0.283 e. The van der Waals surface area contributed by atoms with Crippen LogP contribution in [-0.2, 0) is 49.2 Å².